The zero-order valence-electron chi connectivity index (χ0n) is 12.4. The van der Waals surface area contributed by atoms with Crippen LogP contribution in [0.5, 0.6) is 0 Å². The van der Waals surface area contributed by atoms with E-state index >= 15 is 0 Å². The molecule has 3 N–H and O–H groups in total. The molecular weight excluding hydrogens is 327 g/mol. The summed E-state index contributed by atoms with van der Waals surface area (Å²) in [6.07, 6.45) is 0.0585. The summed E-state index contributed by atoms with van der Waals surface area (Å²) in [6, 6.07) is 0. The maximum Gasteiger partial charge on any atom is 0.434 e. The van der Waals surface area contributed by atoms with E-state index in [1.807, 2.05) is 6.08 Å². The summed E-state index contributed by atoms with van der Waals surface area (Å²) < 4.78 is 39.2. The lowest BCUT2D eigenvalue weighted by Gasteiger charge is -2.62. The normalized spacial score (nSPS) is 33.7. The molecule has 5 aliphatic rings. The fourth-order valence-electron chi connectivity index (χ4n) is 4.36. The second kappa shape index (κ2) is 4.47. The number of aliphatic hydroxyl groups is 1. The van der Waals surface area contributed by atoms with E-state index in [1.165, 1.54) is 0 Å². The molecule has 9 heteroatoms. The predicted octanol–water partition coefficient (Wildman–Crippen LogP) is 2.22. The zero-order chi connectivity index (χ0) is 17.3. The van der Waals surface area contributed by atoms with Crippen molar-refractivity contribution in [3.63, 3.8) is 0 Å². The van der Waals surface area contributed by atoms with E-state index in [0.29, 0.717) is 31.9 Å². The fourth-order valence-corrected chi connectivity index (χ4v) is 4.36. The molecule has 5 aliphatic carbocycles. The summed E-state index contributed by atoms with van der Waals surface area (Å²) in [5.41, 5.74) is -2.89. The van der Waals surface area contributed by atoms with E-state index < -0.39 is 34.5 Å². The molecule has 0 aromatic carbocycles. The molecule has 6 rings (SSSR count). The van der Waals surface area contributed by atoms with Crippen molar-refractivity contribution in [1.82, 2.24) is 9.97 Å². The minimum atomic E-state index is -4.89. The first-order valence-electron chi connectivity index (χ1n) is 7.51. The third kappa shape index (κ3) is 2.10. The van der Waals surface area contributed by atoms with Crippen molar-refractivity contribution in [2.75, 3.05) is 5.32 Å². The van der Waals surface area contributed by atoms with Gasteiger partial charge in [0.05, 0.1) is 5.60 Å². The van der Waals surface area contributed by atoms with Gasteiger partial charge in [-0.3, -0.25) is 0 Å². The number of fused-ring (bicyclic) bond motifs is 1. The Morgan fingerprint density at radius 2 is 2.12 bits per heavy atom. The molecular formula is C15H14F3N3O3. The number of aromatic carboxylic acids is 1. The predicted molar refractivity (Wildman–Crippen MR) is 75.3 cm³/mol. The van der Waals surface area contributed by atoms with Gasteiger partial charge in [-0.05, 0) is 30.8 Å². The number of aromatic nitrogens is 2. The largest absolute Gasteiger partial charge is 0.478 e. The number of anilines is 1. The Kier molecular flexibility index (Phi) is 2.86. The van der Waals surface area contributed by atoms with Gasteiger partial charge in [0, 0.05) is 18.2 Å². The number of nitrogens with zero attached hydrogens (tertiary/aromatic N) is 2. The second-order valence-electron chi connectivity index (χ2n) is 6.84. The van der Waals surface area contributed by atoms with E-state index in [1.54, 1.807) is 0 Å². The van der Waals surface area contributed by atoms with Crippen LogP contribution in [-0.2, 0) is 6.18 Å². The van der Waals surface area contributed by atoms with Crippen molar-refractivity contribution in [2.24, 2.45) is 5.92 Å². The van der Waals surface area contributed by atoms with E-state index in [9.17, 15) is 23.1 Å². The van der Waals surface area contributed by atoms with Crippen molar-refractivity contribution < 1.29 is 28.2 Å². The van der Waals surface area contributed by atoms with Crippen LogP contribution >= 0.6 is 0 Å². The van der Waals surface area contributed by atoms with Crippen LogP contribution < -0.4 is 5.32 Å². The van der Waals surface area contributed by atoms with Crippen LogP contribution in [0, 0.1) is 5.92 Å². The van der Waals surface area contributed by atoms with Crippen molar-refractivity contribution >= 4 is 11.9 Å². The molecule has 1 heterocycles. The topological polar surface area (TPSA) is 95.3 Å². The molecule has 0 radical (unpaired) electrons. The van der Waals surface area contributed by atoms with Gasteiger partial charge in [0.2, 0.25) is 5.95 Å². The highest BCUT2D eigenvalue weighted by Crippen LogP contribution is 2.61. The SMILES string of the molecule is O=C(O)c1cnc(NC23CC=C4C(C2)CC4(O)C3)nc1C(F)(F)F. The number of carboxylic acids is 1. The molecule has 3 atom stereocenters. The average Bonchev–Trinajstić information content (AvgIpc) is 2.44. The molecule has 0 spiro atoms. The maximum absolute atomic E-state index is 13.1. The minimum Gasteiger partial charge on any atom is -0.478 e. The molecule has 1 aromatic heterocycles. The van der Waals surface area contributed by atoms with E-state index in [4.69, 9.17) is 5.11 Å². The fraction of sp³-hybridized carbons (Fsp3) is 0.533. The Bertz CT molecular complexity index is 779. The highest BCUT2D eigenvalue weighted by molar-refractivity contribution is 5.88. The van der Waals surface area contributed by atoms with Crippen LogP contribution in [0.1, 0.15) is 41.7 Å². The van der Waals surface area contributed by atoms with E-state index in [-0.39, 0.29) is 11.9 Å². The molecule has 3 saturated carbocycles. The Morgan fingerprint density at radius 1 is 1.38 bits per heavy atom. The molecule has 4 bridgehead atoms. The van der Waals surface area contributed by atoms with Crippen molar-refractivity contribution in [1.29, 1.82) is 0 Å². The van der Waals surface area contributed by atoms with Crippen molar-refractivity contribution in [3.05, 3.63) is 29.1 Å². The second-order valence-corrected chi connectivity index (χ2v) is 6.84. The minimum absolute atomic E-state index is 0.241. The van der Waals surface area contributed by atoms with Crippen LogP contribution in [0.2, 0.25) is 0 Å². The van der Waals surface area contributed by atoms with Gasteiger partial charge in [0.15, 0.2) is 5.69 Å². The Morgan fingerprint density at radius 3 is 2.71 bits per heavy atom. The number of nitrogens with one attached hydrogen (secondary N) is 1. The van der Waals surface area contributed by atoms with Crippen LogP contribution in [0.4, 0.5) is 19.1 Å². The molecule has 0 saturated heterocycles. The number of hydrogen-bond donors (Lipinski definition) is 3. The van der Waals surface area contributed by atoms with Gasteiger partial charge >= 0.3 is 12.1 Å². The van der Waals surface area contributed by atoms with Gasteiger partial charge in [-0.2, -0.15) is 13.2 Å². The highest BCUT2D eigenvalue weighted by atomic mass is 19.4. The van der Waals surface area contributed by atoms with E-state index in [0.717, 1.165) is 5.57 Å². The summed E-state index contributed by atoms with van der Waals surface area (Å²) in [4.78, 5) is 18.1. The lowest BCUT2D eigenvalue weighted by molar-refractivity contribution is -0.141. The van der Waals surface area contributed by atoms with Crippen LogP contribution in [0.3, 0.4) is 0 Å². The molecule has 128 valence electrons. The number of alkyl halides is 3. The first-order valence-corrected chi connectivity index (χ1v) is 7.51. The number of halogens is 3. The molecule has 6 nitrogen and oxygen atoms in total. The maximum atomic E-state index is 13.1. The van der Waals surface area contributed by atoms with Gasteiger partial charge in [-0.25, -0.2) is 14.8 Å². The molecule has 1 aromatic rings. The lowest BCUT2D eigenvalue weighted by Crippen LogP contribution is -2.64. The van der Waals surface area contributed by atoms with Crippen LogP contribution in [0.25, 0.3) is 0 Å². The Hall–Kier alpha value is -2.16. The zero-order valence-corrected chi connectivity index (χ0v) is 12.4. The number of carboxylic acid groups (broad SMARTS) is 1. The summed E-state index contributed by atoms with van der Waals surface area (Å²) in [5.74, 6) is -1.76. The number of rotatable bonds is 3. The Balaban J connectivity index is 1.67. The summed E-state index contributed by atoms with van der Waals surface area (Å²) >= 11 is 0. The highest BCUT2D eigenvalue weighted by Gasteiger charge is 2.61. The van der Waals surface area contributed by atoms with Gasteiger partial charge in [0.25, 0.3) is 0 Å². The number of hydrogen-bond acceptors (Lipinski definition) is 5. The molecule has 24 heavy (non-hydrogen) atoms. The van der Waals surface area contributed by atoms with Gasteiger partial charge in [-0.15, -0.1) is 0 Å². The summed E-state index contributed by atoms with van der Waals surface area (Å²) in [6.45, 7) is 0. The van der Waals surface area contributed by atoms with Gasteiger partial charge < -0.3 is 15.5 Å². The third-order valence-electron chi connectivity index (χ3n) is 5.21. The molecule has 3 fully saturated rings. The van der Waals surface area contributed by atoms with Gasteiger partial charge in [0.1, 0.15) is 5.56 Å². The number of carbonyl (C=O) groups is 1. The first-order chi connectivity index (χ1) is 11.1. The van der Waals surface area contributed by atoms with E-state index in [2.05, 4.69) is 15.3 Å². The Labute approximate surface area is 134 Å². The standard InChI is InChI=1S/C15H14F3N3O3/c16-15(17,18)10-8(11(22)23)5-19-12(20-10)21-13-2-1-9-7(3-13)4-14(9,24)6-13/h1,5,7,24H,2-4,6H2,(H,22,23)(H,19,20,21). The lowest BCUT2D eigenvalue weighted by atomic mass is 9.48. The summed E-state index contributed by atoms with van der Waals surface area (Å²) in [5, 5.41) is 22.3. The molecule has 0 aliphatic heterocycles. The van der Waals surface area contributed by atoms with Crippen LogP contribution in [0.15, 0.2) is 17.8 Å². The molecule has 3 unspecified atom stereocenters. The molecule has 0 amide bonds. The van der Waals surface area contributed by atoms with Crippen molar-refractivity contribution in [3.8, 4) is 0 Å². The monoisotopic (exact) mass is 341 g/mol. The average molecular weight is 341 g/mol. The quantitative estimate of drug-likeness (QED) is 0.730. The smallest absolute Gasteiger partial charge is 0.434 e. The third-order valence-corrected chi connectivity index (χ3v) is 5.21. The summed E-state index contributed by atoms with van der Waals surface area (Å²) in [7, 11) is 0. The van der Waals surface area contributed by atoms with Crippen LogP contribution in [-0.4, -0.2) is 37.3 Å². The first kappa shape index (κ1) is 15.4. The van der Waals surface area contributed by atoms with Gasteiger partial charge in [-0.1, -0.05) is 6.08 Å². The van der Waals surface area contributed by atoms with Crippen molar-refractivity contribution in [2.45, 2.75) is 43.0 Å².